The summed E-state index contributed by atoms with van der Waals surface area (Å²) in [6.07, 6.45) is 0.334. The van der Waals surface area contributed by atoms with Crippen LogP contribution in [0.15, 0.2) is 60.7 Å². The first-order valence-electron chi connectivity index (χ1n) is 8.40. The van der Waals surface area contributed by atoms with Gasteiger partial charge < -0.3 is 16.4 Å². The van der Waals surface area contributed by atoms with Crippen LogP contribution in [0.25, 0.3) is 0 Å². The molecule has 0 spiro atoms. The van der Waals surface area contributed by atoms with Gasteiger partial charge in [-0.2, -0.15) is 0 Å². The Labute approximate surface area is 152 Å². The van der Waals surface area contributed by atoms with Crippen molar-refractivity contribution >= 4 is 17.7 Å². The van der Waals surface area contributed by atoms with E-state index in [0.717, 1.165) is 11.1 Å². The van der Waals surface area contributed by atoms with Crippen molar-refractivity contribution in [1.29, 1.82) is 0 Å². The molecule has 0 heterocycles. The summed E-state index contributed by atoms with van der Waals surface area (Å²) < 4.78 is 0. The Morgan fingerprint density at radius 3 is 2.04 bits per heavy atom. The van der Waals surface area contributed by atoms with E-state index in [-0.39, 0.29) is 18.2 Å². The smallest absolute Gasteiger partial charge is 0.240 e. The van der Waals surface area contributed by atoms with Gasteiger partial charge in [0.25, 0.3) is 0 Å². The predicted octanol–water partition coefficient (Wildman–Crippen LogP) is 1.47. The molecular weight excluding hydrogens is 330 g/mol. The fourth-order valence-corrected chi connectivity index (χ4v) is 2.69. The molecule has 4 N–H and O–H groups in total. The minimum atomic E-state index is -0.807. The Morgan fingerprint density at radius 2 is 1.50 bits per heavy atom. The van der Waals surface area contributed by atoms with Crippen LogP contribution in [0.1, 0.15) is 30.5 Å². The molecule has 0 aliphatic rings. The monoisotopic (exact) mass is 353 g/mol. The van der Waals surface area contributed by atoms with Gasteiger partial charge in [0.1, 0.15) is 6.04 Å². The van der Waals surface area contributed by atoms with Gasteiger partial charge in [-0.3, -0.25) is 14.4 Å². The van der Waals surface area contributed by atoms with Crippen LogP contribution in [0, 0.1) is 0 Å². The van der Waals surface area contributed by atoms with E-state index in [4.69, 9.17) is 5.73 Å². The zero-order valence-electron chi connectivity index (χ0n) is 14.6. The number of benzene rings is 2. The highest BCUT2D eigenvalue weighted by atomic mass is 16.2. The lowest BCUT2D eigenvalue weighted by Crippen LogP contribution is -2.46. The van der Waals surface area contributed by atoms with Gasteiger partial charge in [-0.1, -0.05) is 60.7 Å². The number of carbonyl (C=O) groups excluding carboxylic acids is 3. The zero-order chi connectivity index (χ0) is 18.9. The molecule has 0 saturated carbocycles. The van der Waals surface area contributed by atoms with Crippen LogP contribution in [0.3, 0.4) is 0 Å². The van der Waals surface area contributed by atoms with Crippen LogP contribution in [0.2, 0.25) is 0 Å². The topological polar surface area (TPSA) is 101 Å². The Balaban J connectivity index is 2.05. The molecule has 2 aromatic carbocycles. The SMILES string of the molecule is CC(=O)NC(CC(=O)NC(Cc1ccccc1)C(N)=O)c1ccccc1. The lowest BCUT2D eigenvalue weighted by atomic mass is 10.0. The molecule has 0 radical (unpaired) electrons. The van der Waals surface area contributed by atoms with Crippen molar-refractivity contribution < 1.29 is 14.4 Å². The third-order valence-corrected chi connectivity index (χ3v) is 3.93. The van der Waals surface area contributed by atoms with Gasteiger partial charge in [-0.05, 0) is 11.1 Å². The Morgan fingerprint density at radius 1 is 0.923 bits per heavy atom. The Kier molecular flexibility index (Phi) is 6.91. The number of primary amides is 1. The summed E-state index contributed by atoms with van der Waals surface area (Å²) in [4.78, 5) is 35.6. The van der Waals surface area contributed by atoms with E-state index in [1.807, 2.05) is 60.7 Å². The van der Waals surface area contributed by atoms with E-state index in [1.165, 1.54) is 6.92 Å². The standard InChI is InChI=1S/C20H23N3O3/c1-14(24)22-17(16-10-6-3-7-11-16)13-19(25)23-18(20(21)26)12-15-8-4-2-5-9-15/h2-11,17-18H,12-13H2,1H3,(H2,21,26)(H,22,24)(H,23,25). The maximum Gasteiger partial charge on any atom is 0.240 e. The number of carbonyl (C=O) groups is 3. The molecule has 6 heteroatoms. The Hall–Kier alpha value is -3.15. The molecule has 0 fully saturated rings. The normalized spacial score (nSPS) is 12.7. The molecule has 2 rings (SSSR count). The third-order valence-electron chi connectivity index (χ3n) is 3.93. The number of amides is 3. The van der Waals surface area contributed by atoms with E-state index in [9.17, 15) is 14.4 Å². The second-order valence-electron chi connectivity index (χ2n) is 6.08. The summed E-state index contributed by atoms with van der Waals surface area (Å²) in [5.41, 5.74) is 7.15. The second-order valence-corrected chi connectivity index (χ2v) is 6.08. The number of rotatable bonds is 8. The summed E-state index contributed by atoms with van der Waals surface area (Å²) in [6.45, 7) is 1.40. The minimum Gasteiger partial charge on any atom is -0.368 e. The van der Waals surface area contributed by atoms with Crippen molar-refractivity contribution in [2.45, 2.75) is 31.8 Å². The molecule has 6 nitrogen and oxygen atoms in total. The molecule has 0 saturated heterocycles. The highest BCUT2D eigenvalue weighted by molar-refractivity contribution is 5.87. The minimum absolute atomic E-state index is 0.0160. The van der Waals surface area contributed by atoms with Crippen LogP contribution < -0.4 is 16.4 Å². The molecule has 2 atom stereocenters. The van der Waals surface area contributed by atoms with Crippen LogP contribution in [0.4, 0.5) is 0 Å². The van der Waals surface area contributed by atoms with Crippen molar-refractivity contribution in [1.82, 2.24) is 10.6 Å². The molecule has 2 aromatic rings. The van der Waals surface area contributed by atoms with Crippen molar-refractivity contribution in [3.63, 3.8) is 0 Å². The molecule has 0 bridgehead atoms. The van der Waals surface area contributed by atoms with Gasteiger partial charge in [0.05, 0.1) is 12.5 Å². The van der Waals surface area contributed by atoms with Crippen LogP contribution >= 0.6 is 0 Å². The average Bonchev–Trinajstić information content (AvgIpc) is 2.62. The quantitative estimate of drug-likeness (QED) is 0.670. The van der Waals surface area contributed by atoms with Gasteiger partial charge in [0, 0.05) is 13.3 Å². The highest BCUT2D eigenvalue weighted by Crippen LogP contribution is 2.16. The fourth-order valence-electron chi connectivity index (χ4n) is 2.69. The number of hydrogen-bond donors (Lipinski definition) is 3. The van der Waals surface area contributed by atoms with Gasteiger partial charge in [0.2, 0.25) is 17.7 Å². The second kappa shape index (κ2) is 9.36. The van der Waals surface area contributed by atoms with E-state index in [1.54, 1.807) is 0 Å². The maximum absolute atomic E-state index is 12.4. The van der Waals surface area contributed by atoms with Gasteiger partial charge in [0.15, 0.2) is 0 Å². The van der Waals surface area contributed by atoms with Gasteiger partial charge >= 0.3 is 0 Å². The van der Waals surface area contributed by atoms with Crippen LogP contribution in [-0.4, -0.2) is 23.8 Å². The van der Waals surface area contributed by atoms with Crippen molar-refractivity contribution in [2.75, 3.05) is 0 Å². The third kappa shape index (κ3) is 6.05. The predicted molar refractivity (Wildman–Crippen MR) is 98.9 cm³/mol. The first kappa shape index (κ1) is 19.2. The summed E-state index contributed by atoms with van der Waals surface area (Å²) in [6, 6.07) is 17.3. The number of nitrogens with two attached hydrogens (primary N) is 1. The zero-order valence-corrected chi connectivity index (χ0v) is 14.6. The summed E-state index contributed by atoms with van der Waals surface area (Å²) in [5, 5.41) is 5.44. The summed E-state index contributed by atoms with van der Waals surface area (Å²) in [7, 11) is 0. The molecule has 0 aliphatic heterocycles. The highest BCUT2D eigenvalue weighted by Gasteiger charge is 2.22. The maximum atomic E-state index is 12.4. The van der Waals surface area contributed by atoms with Crippen LogP contribution in [0.5, 0.6) is 0 Å². The van der Waals surface area contributed by atoms with E-state index in [2.05, 4.69) is 10.6 Å². The van der Waals surface area contributed by atoms with Crippen molar-refractivity contribution in [2.24, 2.45) is 5.73 Å². The van der Waals surface area contributed by atoms with E-state index < -0.39 is 18.0 Å². The first-order valence-corrected chi connectivity index (χ1v) is 8.40. The molecule has 0 aliphatic carbocycles. The van der Waals surface area contributed by atoms with Crippen LogP contribution in [-0.2, 0) is 20.8 Å². The first-order chi connectivity index (χ1) is 12.5. The number of hydrogen-bond acceptors (Lipinski definition) is 3. The van der Waals surface area contributed by atoms with Gasteiger partial charge in [-0.15, -0.1) is 0 Å². The molecule has 26 heavy (non-hydrogen) atoms. The number of nitrogens with one attached hydrogen (secondary N) is 2. The molecular formula is C20H23N3O3. The van der Waals surface area contributed by atoms with Crippen molar-refractivity contribution in [3.05, 3.63) is 71.8 Å². The van der Waals surface area contributed by atoms with Crippen molar-refractivity contribution in [3.8, 4) is 0 Å². The largest absolute Gasteiger partial charge is 0.368 e. The van der Waals surface area contributed by atoms with E-state index >= 15 is 0 Å². The fraction of sp³-hybridized carbons (Fsp3) is 0.250. The lowest BCUT2D eigenvalue weighted by molar-refractivity contribution is -0.128. The molecule has 3 amide bonds. The average molecular weight is 353 g/mol. The summed E-state index contributed by atoms with van der Waals surface area (Å²) >= 11 is 0. The molecule has 2 unspecified atom stereocenters. The van der Waals surface area contributed by atoms with E-state index in [0.29, 0.717) is 6.42 Å². The van der Waals surface area contributed by atoms with Gasteiger partial charge in [-0.25, -0.2) is 0 Å². The lowest BCUT2D eigenvalue weighted by Gasteiger charge is -2.20. The summed E-state index contributed by atoms with van der Waals surface area (Å²) in [5.74, 6) is -1.19. The molecule has 0 aromatic heterocycles. The molecule has 136 valence electrons. The Bertz CT molecular complexity index is 747.